The Hall–Kier alpha value is -0.950. The van der Waals surface area contributed by atoms with Crippen LogP contribution in [0.3, 0.4) is 0 Å². The molecule has 0 saturated carbocycles. The van der Waals surface area contributed by atoms with Gasteiger partial charge in [0.15, 0.2) is 0 Å². The maximum atomic E-state index is 12.9. The van der Waals surface area contributed by atoms with Crippen LogP contribution in [0.1, 0.15) is 38.7 Å². The van der Waals surface area contributed by atoms with Crippen molar-refractivity contribution in [3.8, 4) is 0 Å². The standard InChI is InChI=1S/C21H34N2O3S/c1-18(2)17-20-3-5-21(6-4-20)27(24,25)23-11-8-19(9-12-23)7-10-22-13-15-26-16-14-22/h3-6,18-19H,7-17H2,1-2H3. The fourth-order valence-electron chi connectivity index (χ4n) is 4.05. The van der Waals surface area contributed by atoms with Crippen molar-refractivity contribution >= 4 is 10.0 Å². The molecule has 0 amide bonds. The average Bonchev–Trinajstić information content (AvgIpc) is 2.67. The van der Waals surface area contributed by atoms with E-state index in [2.05, 4.69) is 18.7 Å². The van der Waals surface area contributed by atoms with Crippen molar-refractivity contribution in [2.45, 2.75) is 44.4 Å². The van der Waals surface area contributed by atoms with Gasteiger partial charge in [-0.15, -0.1) is 0 Å². The van der Waals surface area contributed by atoms with E-state index in [0.717, 1.165) is 58.5 Å². The molecule has 27 heavy (non-hydrogen) atoms. The van der Waals surface area contributed by atoms with E-state index in [1.165, 1.54) is 5.56 Å². The number of rotatable bonds is 7. The van der Waals surface area contributed by atoms with Gasteiger partial charge in [0.1, 0.15) is 0 Å². The normalized spacial score (nSPS) is 21.0. The van der Waals surface area contributed by atoms with Gasteiger partial charge in [-0.3, -0.25) is 4.90 Å². The summed E-state index contributed by atoms with van der Waals surface area (Å²) in [5, 5.41) is 0. The highest BCUT2D eigenvalue weighted by Crippen LogP contribution is 2.26. The number of ether oxygens (including phenoxy) is 1. The molecule has 2 saturated heterocycles. The molecule has 1 aromatic carbocycles. The molecule has 2 aliphatic rings. The van der Waals surface area contributed by atoms with Gasteiger partial charge in [0.2, 0.25) is 10.0 Å². The number of morpholine rings is 1. The van der Waals surface area contributed by atoms with Gasteiger partial charge in [-0.2, -0.15) is 4.31 Å². The van der Waals surface area contributed by atoms with E-state index < -0.39 is 10.0 Å². The molecule has 0 aliphatic carbocycles. The van der Waals surface area contributed by atoms with Crippen LogP contribution in [0.2, 0.25) is 0 Å². The second kappa shape index (κ2) is 9.50. The predicted octanol–water partition coefficient (Wildman–Crippen LogP) is 3.01. The minimum absolute atomic E-state index is 0.432. The van der Waals surface area contributed by atoms with Crippen LogP contribution in [-0.2, 0) is 21.2 Å². The summed E-state index contributed by atoms with van der Waals surface area (Å²) < 4.78 is 32.9. The fourth-order valence-corrected chi connectivity index (χ4v) is 5.52. The molecule has 2 fully saturated rings. The van der Waals surface area contributed by atoms with Crippen molar-refractivity contribution < 1.29 is 13.2 Å². The minimum atomic E-state index is -3.36. The van der Waals surface area contributed by atoms with Crippen molar-refractivity contribution in [2.24, 2.45) is 11.8 Å². The molecule has 5 nitrogen and oxygen atoms in total. The van der Waals surface area contributed by atoms with Crippen LogP contribution in [0, 0.1) is 11.8 Å². The quantitative estimate of drug-likeness (QED) is 0.713. The van der Waals surface area contributed by atoms with E-state index in [1.54, 1.807) is 16.4 Å². The lowest BCUT2D eigenvalue weighted by molar-refractivity contribution is 0.0343. The van der Waals surface area contributed by atoms with Crippen LogP contribution in [0.15, 0.2) is 29.2 Å². The zero-order valence-corrected chi connectivity index (χ0v) is 17.6. The molecule has 0 bridgehead atoms. The lowest BCUT2D eigenvalue weighted by atomic mass is 9.94. The first-order chi connectivity index (χ1) is 12.9. The molecule has 6 heteroatoms. The van der Waals surface area contributed by atoms with Crippen LogP contribution < -0.4 is 0 Å². The second-order valence-corrected chi connectivity index (χ2v) is 10.3. The first-order valence-corrected chi connectivity index (χ1v) is 11.8. The molecular formula is C21H34N2O3S. The summed E-state index contributed by atoms with van der Waals surface area (Å²) in [6.07, 6.45) is 4.08. The van der Waals surface area contributed by atoms with E-state index >= 15 is 0 Å². The zero-order valence-electron chi connectivity index (χ0n) is 16.8. The SMILES string of the molecule is CC(C)Cc1ccc(S(=O)(=O)N2CCC(CCN3CCOCC3)CC2)cc1. The Morgan fingerprint density at radius 2 is 1.67 bits per heavy atom. The highest BCUT2D eigenvalue weighted by Gasteiger charge is 2.29. The summed E-state index contributed by atoms with van der Waals surface area (Å²) in [5.74, 6) is 1.21. The largest absolute Gasteiger partial charge is 0.379 e. The van der Waals surface area contributed by atoms with Gasteiger partial charge >= 0.3 is 0 Å². The number of sulfonamides is 1. The van der Waals surface area contributed by atoms with Gasteiger partial charge in [-0.05, 0) is 61.8 Å². The third-order valence-electron chi connectivity index (χ3n) is 5.74. The maximum Gasteiger partial charge on any atom is 0.243 e. The molecule has 0 N–H and O–H groups in total. The monoisotopic (exact) mass is 394 g/mol. The van der Waals surface area contributed by atoms with Crippen molar-refractivity contribution in [1.82, 2.24) is 9.21 Å². The average molecular weight is 395 g/mol. The van der Waals surface area contributed by atoms with Gasteiger partial charge in [0.25, 0.3) is 0 Å². The summed E-state index contributed by atoms with van der Waals surface area (Å²) in [7, 11) is -3.36. The van der Waals surface area contributed by atoms with E-state index in [1.807, 2.05) is 12.1 Å². The van der Waals surface area contributed by atoms with Crippen LogP contribution in [-0.4, -0.2) is 63.6 Å². The van der Waals surface area contributed by atoms with Gasteiger partial charge in [-0.1, -0.05) is 26.0 Å². The molecule has 3 rings (SSSR count). The van der Waals surface area contributed by atoms with Crippen LogP contribution in [0.25, 0.3) is 0 Å². The first-order valence-electron chi connectivity index (χ1n) is 10.3. The molecule has 0 radical (unpaired) electrons. The van der Waals surface area contributed by atoms with Crippen molar-refractivity contribution in [2.75, 3.05) is 45.9 Å². The van der Waals surface area contributed by atoms with Crippen molar-refractivity contribution in [1.29, 1.82) is 0 Å². The van der Waals surface area contributed by atoms with Gasteiger partial charge < -0.3 is 4.74 Å². The summed E-state index contributed by atoms with van der Waals surface area (Å²) in [4.78, 5) is 2.90. The Labute approximate surface area is 164 Å². The van der Waals surface area contributed by atoms with Crippen LogP contribution >= 0.6 is 0 Å². The molecule has 1 aromatic rings. The summed E-state index contributed by atoms with van der Waals surface area (Å²) >= 11 is 0. The first kappa shape index (κ1) is 20.8. The van der Waals surface area contributed by atoms with Crippen molar-refractivity contribution in [3.05, 3.63) is 29.8 Å². The van der Waals surface area contributed by atoms with E-state index in [4.69, 9.17) is 4.74 Å². The predicted molar refractivity (Wildman–Crippen MR) is 108 cm³/mol. The number of hydrogen-bond acceptors (Lipinski definition) is 4. The van der Waals surface area contributed by atoms with Crippen LogP contribution in [0.4, 0.5) is 0 Å². The van der Waals surface area contributed by atoms with Crippen LogP contribution in [0.5, 0.6) is 0 Å². The highest BCUT2D eigenvalue weighted by atomic mass is 32.2. The Kier molecular flexibility index (Phi) is 7.31. The highest BCUT2D eigenvalue weighted by molar-refractivity contribution is 7.89. The molecule has 0 atom stereocenters. The second-order valence-electron chi connectivity index (χ2n) is 8.33. The lowest BCUT2D eigenvalue weighted by Crippen LogP contribution is -2.40. The van der Waals surface area contributed by atoms with E-state index in [-0.39, 0.29) is 0 Å². The lowest BCUT2D eigenvalue weighted by Gasteiger charge is -2.33. The Bertz CT molecular complexity index is 674. The number of hydrogen-bond donors (Lipinski definition) is 0. The molecule has 2 heterocycles. The van der Waals surface area contributed by atoms with Gasteiger partial charge in [0, 0.05) is 26.2 Å². The Balaban J connectivity index is 1.50. The third-order valence-corrected chi connectivity index (χ3v) is 7.65. The third kappa shape index (κ3) is 5.76. The minimum Gasteiger partial charge on any atom is -0.379 e. The molecule has 152 valence electrons. The molecule has 0 unspecified atom stereocenters. The maximum absolute atomic E-state index is 12.9. The van der Waals surface area contributed by atoms with Crippen molar-refractivity contribution in [3.63, 3.8) is 0 Å². The van der Waals surface area contributed by atoms with Gasteiger partial charge in [0.05, 0.1) is 18.1 Å². The topological polar surface area (TPSA) is 49.9 Å². The smallest absolute Gasteiger partial charge is 0.243 e. The summed E-state index contributed by atoms with van der Waals surface area (Å²) in [5.41, 5.74) is 1.20. The molecule has 0 aromatic heterocycles. The fraction of sp³-hybridized carbons (Fsp3) is 0.714. The zero-order chi connectivity index (χ0) is 19.3. The summed E-state index contributed by atoms with van der Waals surface area (Å²) in [6, 6.07) is 7.47. The Morgan fingerprint density at radius 1 is 1.04 bits per heavy atom. The van der Waals surface area contributed by atoms with E-state index in [0.29, 0.717) is 29.8 Å². The molecular weight excluding hydrogens is 360 g/mol. The van der Waals surface area contributed by atoms with E-state index in [9.17, 15) is 8.42 Å². The Morgan fingerprint density at radius 3 is 2.26 bits per heavy atom. The number of piperidine rings is 1. The number of nitrogens with zero attached hydrogens (tertiary/aromatic N) is 2. The molecule has 0 spiro atoms. The molecule has 2 aliphatic heterocycles. The van der Waals surface area contributed by atoms with Gasteiger partial charge in [-0.25, -0.2) is 8.42 Å². The summed E-state index contributed by atoms with van der Waals surface area (Å²) in [6.45, 7) is 10.5. The number of benzene rings is 1.